The van der Waals surface area contributed by atoms with Crippen LogP contribution in [0.25, 0.3) is 0 Å². The smallest absolute Gasteiger partial charge is 0.335 e. The van der Waals surface area contributed by atoms with Crippen LogP contribution in [0.4, 0.5) is 5.69 Å². The quantitative estimate of drug-likeness (QED) is 0.864. The molecular formula is C20H20N2O4. The first-order valence-corrected chi connectivity index (χ1v) is 8.45. The molecule has 0 unspecified atom stereocenters. The fourth-order valence-corrected chi connectivity index (χ4v) is 3.08. The molecule has 0 bridgehead atoms. The van der Waals surface area contributed by atoms with Crippen molar-refractivity contribution >= 4 is 23.5 Å². The highest BCUT2D eigenvalue weighted by molar-refractivity contribution is 5.99. The highest BCUT2D eigenvalue weighted by Gasteiger charge is 2.21. The Kier molecular flexibility index (Phi) is 5.02. The Bertz CT molecular complexity index is 876. The maximum atomic E-state index is 12.4. The molecule has 2 aromatic carbocycles. The summed E-state index contributed by atoms with van der Waals surface area (Å²) < 4.78 is 0. The highest BCUT2D eigenvalue weighted by atomic mass is 16.4. The van der Waals surface area contributed by atoms with Gasteiger partial charge in [0, 0.05) is 31.3 Å². The number of carbonyl (C=O) groups excluding carboxylic acids is 2. The number of amides is 2. The van der Waals surface area contributed by atoms with E-state index in [1.165, 1.54) is 0 Å². The molecule has 0 aromatic heterocycles. The number of hydrogen-bond donors (Lipinski definition) is 2. The molecular weight excluding hydrogens is 332 g/mol. The van der Waals surface area contributed by atoms with Gasteiger partial charge in [0.15, 0.2) is 0 Å². The summed E-state index contributed by atoms with van der Waals surface area (Å²) in [6.07, 6.45) is 1.64. The van der Waals surface area contributed by atoms with E-state index in [4.69, 9.17) is 5.11 Å². The van der Waals surface area contributed by atoms with Crippen molar-refractivity contribution in [2.45, 2.75) is 19.3 Å². The second-order valence-electron chi connectivity index (χ2n) is 6.31. The normalized spacial score (nSPS) is 13.3. The molecule has 6 nitrogen and oxygen atoms in total. The standard InChI is InChI=1S/C20H20N2O4/c1-22-17-7-5-15(12-14(17)6-8-18(22)23)19(24)21-10-9-13-3-2-4-16(11-13)20(25)26/h2-5,7,11-12H,6,8-10H2,1H3,(H,21,24)(H,25,26). The minimum absolute atomic E-state index is 0.0818. The van der Waals surface area contributed by atoms with Gasteiger partial charge in [0.1, 0.15) is 0 Å². The molecule has 0 spiro atoms. The van der Waals surface area contributed by atoms with E-state index in [0.717, 1.165) is 16.8 Å². The largest absolute Gasteiger partial charge is 0.478 e. The van der Waals surface area contributed by atoms with Gasteiger partial charge in [-0.25, -0.2) is 4.79 Å². The summed E-state index contributed by atoms with van der Waals surface area (Å²) >= 11 is 0. The lowest BCUT2D eigenvalue weighted by Crippen LogP contribution is -2.31. The topological polar surface area (TPSA) is 86.7 Å². The summed E-state index contributed by atoms with van der Waals surface area (Å²) in [7, 11) is 1.74. The van der Waals surface area contributed by atoms with Crippen LogP contribution in [-0.2, 0) is 17.6 Å². The SMILES string of the molecule is CN1C(=O)CCc2cc(C(=O)NCCc3cccc(C(=O)O)c3)ccc21. The Labute approximate surface area is 151 Å². The number of aromatic carboxylic acids is 1. The Hall–Kier alpha value is -3.15. The van der Waals surface area contributed by atoms with Gasteiger partial charge in [-0.3, -0.25) is 9.59 Å². The second kappa shape index (κ2) is 7.39. The third-order valence-corrected chi connectivity index (χ3v) is 4.56. The fourth-order valence-electron chi connectivity index (χ4n) is 3.08. The lowest BCUT2D eigenvalue weighted by atomic mass is 9.99. The van der Waals surface area contributed by atoms with Gasteiger partial charge in [0.25, 0.3) is 5.91 Å². The lowest BCUT2D eigenvalue weighted by molar-refractivity contribution is -0.118. The molecule has 1 heterocycles. The van der Waals surface area contributed by atoms with E-state index in [-0.39, 0.29) is 17.4 Å². The number of carboxylic acids is 1. The first-order valence-electron chi connectivity index (χ1n) is 8.45. The summed E-state index contributed by atoms with van der Waals surface area (Å²) in [5, 5.41) is 11.9. The van der Waals surface area contributed by atoms with Gasteiger partial charge in [-0.1, -0.05) is 12.1 Å². The molecule has 0 fully saturated rings. The second-order valence-corrected chi connectivity index (χ2v) is 6.31. The number of nitrogens with zero attached hydrogens (tertiary/aromatic N) is 1. The van der Waals surface area contributed by atoms with Crippen molar-refractivity contribution in [3.8, 4) is 0 Å². The van der Waals surface area contributed by atoms with Gasteiger partial charge in [-0.05, 0) is 54.3 Å². The molecule has 2 amide bonds. The fraction of sp³-hybridized carbons (Fsp3) is 0.250. The van der Waals surface area contributed by atoms with E-state index in [9.17, 15) is 14.4 Å². The van der Waals surface area contributed by atoms with Gasteiger partial charge in [0.05, 0.1) is 5.56 Å². The van der Waals surface area contributed by atoms with Crippen LogP contribution in [0, 0.1) is 0 Å². The molecule has 0 radical (unpaired) electrons. The molecule has 2 aromatic rings. The lowest BCUT2D eigenvalue weighted by Gasteiger charge is -2.26. The van der Waals surface area contributed by atoms with Gasteiger partial charge >= 0.3 is 5.97 Å². The predicted octanol–water partition coefficient (Wildman–Crippen LogP) is 2.27. The maximum Gasteiger partial charge on any atom is 0.335 e. The minimum atomic E-state index is -0.964. The first kappa shape index (κ1) is 17.7. The van der Waals surface area contributed by atoms with E-state index in [0.29, 0.717) is 31.4 Å². The number of hydrogen-bond acceptors (Lipinski definition) is 3. The molecule has 0 aliphatic carbocycles. The van der Waals surface area contributed by atoms with Crippen molar-refractivity contribution in [1.29, 1.82) is 0 Å². The zero-order valence-electron chi connectivity index (χ0n) is 14.5. The van der Waals surface area contributed by atoms with E-state index in [2.05, 4.69) is 5.32 Å². The number of fused-ring (bicyclic) bond motifs is 1. The molecule has 0 atom stereocenters. The van der Waals surface area contributed by atoms with Crippen LogP contribution >= 0.6 is 0 Å². The van der Waals surface area contributed by atoms with E-state index >= 15 is 0 Å². The maximum absolute atomic E-state index is 12.4. The summed E-state index contributed by atoms with van der Waals surface area (Å²) in [6.45, 7) is 0.414. The summed E-state index contributed by atoms with van der Waals surface area (Å²) in [6, 6.07) is 12.0. The van der Waals surface area contributed by atoms with Crippen LogP contribution in [0.3, 0.4) is 0 Å². The van der Waals surface area contributed by atoms with Crippen LogP contribution in [0.15, 0.2) is 42.5 Å². The molecule has 26 heavy (non-hydrogen) atoms. The molecule has 6 heteroatoms. The third-order valence-electron chi connectivity index (χ3n) is 4.56. The molecule has 3 rings (SSSR count). The number of carboxylic acid groups (broad SMARTS) is 1. The summed E-state index contributed by atoms with van der Waals surface area (Å²) in [5.74, 6) is -1.06. The van der Waals surface area contributed by atoms with Gasteiger partial charge in [-0.15, -0.1) is 0 Å². The molecule has 0 saturated heterocycles. The summed E-state index contributed by atoms with van der Waals surface area (Å²) in [4.78, 5) is 36.7. The molecule has 1 aliphatic rings. The average Bonchev–Trinajstić information content (AvgIpc) is 2.64. The predicted molar refractivity (Wildman–Crippen MR) is 97.6 cm³/mol. The van der Waals surface area contributed by atoms with Crippen LogP contribution < -0.4 is 10.2 Å². The van der Waals surface area contributed by atoms with Crippen molar-refractivity contribution in [3.05, 3.63) is 64.7 Å². The van der Waals surface area contributed by atoms with Crippen molar-refractivity contribution in [1.82, 2.24) is 5.32 Å². The summed E-state index contributed by atoms with van der Waals surface area (Å²) in [5.41, 5.74) is 3.50. The third kappa shape index (κ3) is 3.74. The number of nitrogens with one attached hydrogen (secondary N) is 1. The van der Waals surface area contributed by atoms with E-state index < -0.39 is 5.97 Å². The van der Waals surface area contributed by atoms with Gasteiger partial charge < -0.3 is 15.3 Å². The van der Waals surface area contributed by atoms with Crippen LogP contribution in [0.1, 0.15) is 38.3 Å². The Morgan fingerprint density at radius 1 is 1.12 bits per heavy atom. The Morgan fingerprint density at radius 2 is 1.92 bits per heavy atom. The van der Waals surface area contributed by atoms with Crippen molar-refractivity contribution < 1.29 is 19.5 Å². The number of carbonyl (C=O) groups is 3. The van der Waals surface area contributed by atoms with Crippen molar-refractivity contribution in [3.63, 3.8) is 0 Å². The van der Waals surface area contributed by atoms with Crippen LogP contribution in [-0.4, -0.2) is 36.5 Å². The van der Waals surface area contributed by atoms with E-state index in [1.807, 2.05) is 12.1 Å². The Morgan fingerprint density at radius 3 is 2.69 bits per heavy atom. The molecule has 134 valence electrons. The molecule has 1 aliphatic heterocycles. The first-order chi connectivity index (χ1) is 12.5. The number of aryl methyl sites for hydroxylation is 1. The van der Waals surface area contributed by atoms with Crippen LogP contribution in [0.5, 0.6) is 0 Å². The number of benzene rings is 2. The minimum Gasteiger partial charge on any atom is -0.478 e. The van der Waals surface area contributed by atoms with Crippen molar-refractivity contribution in [2.24, 2.45) is 0 Å². The average molecular weight is 352 g/mol. The highest BCUT2D eigenvalue weighted by Crippen LogP contribution is 2.27. The number of rotatable bonds is 5. The Balaban J connectivity index is 1.61. The zero-order chi connectivity index (χ0) is 18.7. The van der Waals surface area contributed by atoms with E-state index in [1.54, 1.807) is 42.3 Å². The molecule has 2 N–H and O–H groups in total. The van der Waals surface area contributed by atoms with Gasteiger partial charge in [0.2, 0.25) is 5.91 Å². The zero-order valence-corrected chi connectivity index (χ0v) is 14.5. The number of anilines is 1. The molecule has 0 saturated carbocycles. The van der Waals surface area contributed by atoms with Crippen LogP contribution in [0.2, 0.25) is 0 Å². The monoisotopic (exact) mass is 352 g/mol. The van der Waals surface area contributed by atoms with Crippen molar-refractivity contribution in [2.75, 3.05) is 18.5 Å². The van der Waals surface area contributed by atoms with Gasteiger partial charge in [-0.2, -0.15) is 0 Å².